The summed E-state index contributed by atoms with van der Waals surface area (Å²) >= 11 is 0. The summed E-state index contributed by atoms with van der Waals surface area (Å²) in [4.78, 5) is 11.9. The summed E-state index contributed by atoms with van der Waals surface area (Å²) in [5.74, 6) is 0.0595. The zero-order chi connectivity index (χ0) is 17.9. The lowest BCUT2D eigenvalue weighted by molar-refractivity contribution is -0.137. The Hall–Kier alpha value is -2.50. The molecule has 0 heterocycles. The number of amides is 1. The second-order valence-corrected chi connectivity index (χ2v) is 5.62. The number of carbonyl (C=O) groups is 1. The van der Waals surface area contributed by atoms with E-state index in [1.807, 2.05) is 32.9 Å². The quantitative estimate of drug-likeness (QED) is 0.882. The van der Waals surface area contributed by atoms with Gasteiger partial charge in [-0.3, -0.25) is 4.79 Å². The second kappa shape index (κ2) is 6.95. The van der Waals surface area contributed by atoms with Crippen LogP contribution in [0.25, 0.3) is 0 Å². The predicted molar refractivity (Wildman–Crippen MR) is 86.2 cm³/mol. The minimum atomic E-state index is -4.45. The number of alkyl halides is 3. The molecule has 0 radical (unpaired) electrons. The van der Waals surface area contributed by atoms with E-state index in [1.165, 1.54) is 12.1 Å². The largest absolute Gasteiger partial charge is 0.483 e. The van der Waals surface area contributed by atoms with Gasteiger partial charge in [0.2, 0.25) is 0 Å². The molecule has 24 heavy (non-hydrogen) atoms. The molecule has 6 heteroatoms. The van der Waals surface area contributed by atoms with Crippen LogP contribution in [0.2, 0.25) is 0 Å². The fourth-order valence-corrected chi connectivity index (χ4v) is 2.20. The van der Waals surface area contributed by atoms with Crippen molar-refractivity contribution in [1.29, 1.82) is 0 Å². The van der Waals surface area contributed by atoms with Crippen LogP contribution in [0.15, 0.2) is 36.4 Å². The first-order valence-corrected chi connectivity index (χ1v) is 7.34. The van der Waals surface area contributed by atoms with E-state index in [0.29, 0.717) is 5.75 Å². The third-order valence-electron chi connectivity index (χ3n) is 3.62. The second-order valence-electron chi connectivity index (χ2n) is 5.62. The first-order chi connectivity index (χ1) is 11.2. The molecule has 0 aliphatic carbocycles. The van der Waals surface area contributed by atoms with Crippen LogP contribution in [0.4, 0.5) is 18.9 Å². The Morgan fingerprint density at radius 1 is 1.04 bits per heavy atom. The van der Waals surface area contributed by atoms with E-state index in [1.54, 1.807) is 0 Å². The zero-order valence-corrected chi connectivity index (χ0v) is 13.6. The number of benzene rings is 2. The molecule has 0 fully saturated rings. The molecule has 0 saturated heterocycles. The van der Waals surface area contributed by atoms with Gasteiger partial charge in [0.25, 0.3) is 5.91 Å². The monoisotopic (exact) mass is 337 g/mol. The number of halogens is 3. The standard InChI is InChI=1S/C18H18F3NO2/c1-11-7-13(3)16(8-12(11)2)24-10-17(23)22-15-6-4-5-14(9-15)18(19,20)21/h4-9H,10H2,1-3H3,(H,22,23). The van der Waals surface area contributed by atoms with Gasteiger partial charge in [-0.15, -0.1) is 0 Å². The Morgan fingerprint density at radius 3 is 2.38 bits per heavy atom. The van der Waals surface area contributed by atoms with Crippen LogP contribution in [-0.2, 0) is 11.0 Å². The van der Waals surface area contributed by atoms with E-state index in [9.17, 15) is 18.0 Å². The summed E-state index contributed by atoms with van der Waals surface area (Å²) in [7, 11) is 0. The van der Waals surface area contributed by atoms with Gasteiger partial charge >= 0.3 is 6.18 Å². The lowest BCUT2D eigenvalue weighted by Gasteiger charge is -2.13. The molecule has 0 unspecified atom stereocenters. The molecule has 0 aromatic heterocycles. The van der Waals surface area contributed by atoms with Crippen molar-refractivity contribution in [1.82, 2.24) is 0 Å². The number of anilines is 1. The Kier molecular flexibility index (Phi) is 5.17. The summed E-state index contributed by atoms with van der Waals surface area (Å²) in [6.07, 6.45) is -4.45. The highest BCUT2D eigenvalue weighted by Crippen LogP contribution is 2.30. The highest BCUT2D eigenvalue weighted by atomic mass is 19.4. The van der Waals surface area contributed by atoms with Gasteiger partial charge in [-0.05, 0) is 61.7 Å². The van der Waals surface area contributed by atoms with E-state index < -0.39 is 17.6 Å². The molecular weight excluding hydrogens is 319 g/mol. The molecular formula is C18H18F3NO2. The fourth-order valence-electron chi connectivity index (χ4n) is 2.20. The molecule has 1 N–H and O–H groups in total. The van der Waals surface area contributed by atoms with Crippen LogP contribution in [0.3, 0.4) is 0 Å². The van der Waals surface area contributed by atoms with E-state index in [2.05, 4.69) is 5.32 Å². The summed E-state index contributed by atoms with van der Waals surface area (Å²) in [6, 6.07) is 8.27. The molecule has 0 saturated carbocycles. The normalized spacial score (nSPS) is 11.2. The van der Waals surface area contributed by atoms with E-state index in [0.717, 1.165) is 28.8 Å². The fraction of sp³-hybridized carbons (Fsp3) is 0.278. The maximum atomic E-state index is 12.7. The van der Waals surface area contributed by atoms with Crippen molar-refractivity contribution in [3.63, 3.8) is 0 Å². The number of carbonyl (C=O) groups excluding carboxylic acids is 1. The summed E-state index contributed by atoms with van der Waals surface area (Å²) in [6.45, 7) is 5.50. The van der Waals surface area contributed by atoms with Gasteiger partial charge in [-0.1, -0.05) is 12.1 Å². The summed E-state index contributed by atoms with van der Waals surface area (Å²) < 4.78 is 43.4. The van der Waals surface area contributed by atoms with E-state index in [-0.39, 0.29) is 12.3 Å². The van der Waals surface area contributed by atoms with Gasteiger partial charge < -0.3 is 10.1 Å². The first-order valence-electron chi connectivity index (χ1n) is 7.34. The number of aryl methyl sites for hydroxylation is 3. The van der Waals surface area contributed by atoms with Crippen molar-refractivity contribution in [2.75, 3.05) is 11.9 Å². The van der Waals surface area contributed by atoms with Crippen molar-refractivity contribution < 1.29 is 22.7 Å². The Labute approximate surface area is 138 Å². The Bertz CT molecular complexity index is 754. The summed E-state index contributed by atoms with van der Waals surface area (Å²) in [5, 5.41) is 2.41. The maximum absolute atomic E-state index is 12.7. The molecule has 2 aromatic carbocycles. The SMILES string of the molecule is Cc1cc(C)c(OCC(=O)Nc2cccc(C(F)(F)F)c2)cc1C. The van der Waals surface area contributed by atoms with E-state index >= 15 is 0 Å². The van der Waals surface area contributed by atoms with Crippen molar-refractivity contribution in [3.05, 3.63) is 58.7 Å². The average molecular weight is 337 g/mol. The molecule has 128 valence electrons. The van der Waals surface area contributed by atoms with Crippen molar-refractivity contribution in [2.45, 2.75) is 26.9 Å². The van der Waals surface area contributed by atoms with Gasteiger partial charge in [0, 0.05) is 5.69 Å². The number of hydrogen-bond acceptors (Lipinski definition) is 2. The van der Waals surface area contributed by atoms with Crippen molar-refractivity contribution >= 4 is 11.6 Å². The average Bonchev–Trinajstić information content (AvgIpc) is 2.49. The number of rotatable bonds is 4. The highest BCUT2D eigenvalue weighted by Gasteiger charge is 2.30. The molecule has 3 nitrogen and oxygen atoms in total. The third-order valence-corrected chi connectivity index (χ3v) is 3.62. The molecule has 0 bridgehead atoms. The minimum absolute atomic E-state index is 0.0789. The smallest absolute Gasteiger partial charge is 0.416 e. The van der Waals surface area contributed by atoms with Crippen LogP contribution in [0.5, 0.6) is 5.75 Å². The number of ether oxygens (including phenoxy) is 1. The van der Waals surface area contributed by atoms with Crippen LogP contribution in [-0.4, -0.2) is 12.5 Å². The van der Waals surface area contributed by atoms with Gasteiger partial charge in [0.05, 0.1) is 5.56 Å². The predicted octanol–water partition coefficient (Wildman–Crippen LogP) is 4.65. The van der Waals surface area contributed by atoms with Gasteiger partial charge in [0.1, 0.15) is 5.75 Å². The molecule has 2 rings (SSSR count). The molecule has 0 aliphatic rings. The highest BCUT2D eigenvalue weighted by molar-refractivity contribution is 5.92. The Balaban J connectivity index is 2.01. The molecule has 0 atom stereocenters. The van der Waals surface area contributed by atoms with Crippen LogP contribution in [0, 0.1) is 20.8 Å². The Morgan fingerprint density at radius 2 is 1.71 bits per heavy atom. The molecule has 2 aromatic rings. The molecule has 0 spiro atoms. The van der Waals surface area contributed by atoms with E-state index in [4.69, 9.17) is 4.74 Å². The zero-order valence-electron chi connectivity index (χ0n) is 13.6. The van der Waals surface area contributed by atoms with Crippen molar-refractivity contribution in [2.24, 2.45) is 0 Å². The third kappa shape index (κ3) is 4.50. The number of hydrogen-bond donors (Lipinski definition) is 1. The van der Waals surface area contributed by atoms with Crippen molar-refractivity contribution in [3.8, 4) is 5.75 Å². The lowest BCUT2D eigenvalue weighted by Crippen LogP contribution is -2.20. The van der Waals surface area contributed by atoms with Crippen LogP contribution in [0.1, 0.15) is 22.3 Å². The molecule has 0 aliphatic heterocycles. The first kappa shape index (κ1) is 17.8. The minimum Gasteiger partial charge on any atom is -0.483 e. The molecule has 1 amide bonds. The maximum Gasteiger partial charge on any atom is 0.416 e. The number of nitrogens with one attached hydrogen (secondary N) is 1. The summed E-state index contributed by atoms with van der Waals surface area (Å²) in [5.41, 5.74) is 2.31. The van der Waals surface area contributed by atoms with Gasteiger partial charge in [-0.25, -0.2) is 0 Å². The van der Waals surface area contributed by atoms with Crippen LogP contribution < -0.4 is 10.1 Å². The topological polar surface area (TPSA) is 38.3 Å². The lowest BCUT2D eigenvalue weighted by atomic mass is 10.1. The van der Waals surface area contributed by atoms with Gasteiger partial charge in [-0.2, -0.15) is 13.2 Å². The van der Waals surface area contributed by atoms with Gasteiger partial charge in [0.15, 0.2) is 6.61 Å². The van der Waals surface area contributed by atoms with Crippen LogP contribution >= 0.6 is 0 Å².